The topological polar surface area (TPSA) is 105 Å². The van der Waals surface area contributed by atoms with Gasteiger partial charge in [-0.05, 0) is 50.3 Å². The smallest absolute Gasteiger partial charge is 0.241 e. The molecule has 1 aliphatic heterocycles. The molecule has 1 aromatic carbocycles. The molecule has 1 amide bonds. The minimum absolute atomic E-state index is 0.0743. The van der Waals surface area contributed by atoms with Crippen molar-refractivity contribution in [2.24, 2.45) is 5.92 Å². The van der Waals surface area contributed by atoms with Gasteiger partial charge in [-0.25, -0.2) is 17.5 Å². The molecule has 2 fully saturated rings. The molecule has 0 spiro atoms. The number of nitrogens with one attached hydrogen (secondary N) is 2. The van der Waals surface area contributed by atoms with Crippen LogP contribution in [0, 0.1) is 11.7 Å². The second-order valence-electron chi connectivity index (χ2n) is 7.10. The monoisotopic (exact) mass is 400 g/mol. The van der Waals surface area contributed by atoms with Crippen molar-refractivity contribution >= 4 is 15.9 Å². The van der Waals surface area contributed by atoms with E-state index in [1.165, 1.54) is 18.2 Å². The Bertz CT molecular complexity index is 769. The summed E-state index contributed by atoms with van der Waals surface area (Å²) in [4.78, 5) is 11.5. The molecule has 0 radical (unpaired) electrons. The number of hydrogen-bond acceptors (Lipinski definition) is 5. The van der Waals surface area contributed by atoms with Crippen LogP contribution in [0.1, 0.15) is 32.1 Å². The molecule has 3 N–H and O–H groups in total. The number of rotatable bonds is 8. The Kier molecular flexibility index (Phi) is 6.46. The Morgan fingerprint density at radius 1 is 1.26 bits per heavy atom. The standard InChI is InChI=1S/C18H25FN2O5S/c19-13-2-1-3-15(10-13)27(24,25)21-16-7-6-14(26-17(16)11-22)8-9-20-18(23)12-4-5-12/h1-3,10,12,14,16-17,21-22H,4-9,11H2,(H,20,23)/t14-,16+,17+/m0/s1. The van der Waals surface area contributed by atoms with Crippen molar-refractivity contribution < 1.29 is 27.4 Å². The van der Waals surface area contributed by atoms with E-state index in [9.17, 15) is 22.7 Å². The molecule has 3 rings (SSSR count). The van der Waals surface area contributed by atoms with Gasteiger partial charge in [0.2, 0.25) is 15.9 Å². The number of carbonyl (C=O) groups excluding carboxylic acids is 1. The van der Waals surface area contributed by atoms with E-state index in [1.807, 2.05) is 0 Å². The summed E-state index contributed by atoms with van der Waals surface area (Å²) in [6.07, 6.45) is 2.76. The first-order chi connectivity index (χ1) is 12.9. The minimum Gasteiger partial charge on any atom is -0.394 e. The van der Waals surface area contributed by atoms with Crippen molar-refractivity contribution in [1.82, 2.24) is 10.0 Å². The summed E-state index contributed by atoms with van der Waals surface area (Å²) in [6, 6.07) is 4.17. The van der Waals surface area contributed by atoms with Gasteiger partial charge in [-0.15, -0.1) is 0 Å². The highest BCUT2D eigenvalue weighted by Crippen LogP contribution is 2.29. The summed E-state index contributed by atoms with van der Waals surface area (Å²) in [5.74, 6) is -0.404. The zero-order chi connectivity index (χ0) is 19.4. The molecule has 1 heterocycles. The van der Waals surface area contributed by atoms with Gasteiger partial charge in [0.15, 0.2) is 0 Å². The quantitative estimate of drug-likeness (QED) is 0.602. The van der Waals surface area contributed by atoms with E-state index < -0.39 is 28.0 Å². The number of halogens is 1. The van der Waals surface area contributed by atoms with Crippen LogP contribution in [0.25, 0.3) is 0 Å². The van der Waals surface area contributed by atoms with Gasteiger partial charge >= 0.3 is 0 Å². The fourth-order valence-electron chi connectivity index (χ4n) is 3.23. The van der Waals surface area contributed by atoms with Crippen LogP contribution in [0.4, 0.5) is 4.39 Å². The van der Waals surface area contributed by atoms with Crippen molar-refractivity contribution in [1.29, 1.82) is 0 Å². The summed E-state index contributed by atoms with van der Waals surface area (Å²) < 4.78 is 46.5. The van der Waals surface area contributed by atoms with E-state index in [1.54, 1.807) is 0 Å². The maximum atomic E-state index is 13.3. The maximum absolute atomic E-state index is 13.3. The van der Waals surface area contributed by atoms with Crippen LogP contribution in [0.5, 0.6) is 0 Å². The highest BCUT2D eigenvalue weighted by atomic mass is 32.2. The van der Waals surface area contributed by atoms with Crippen molar-refractivity contribution in [3.63, 3.8) is 0 Å². The number of carbonyl (C=O) groups is 1. The third-order valence-electron chi connectivity index (χ3n) is 4.92. The largest absolute Gasteiger partial charge is 0.394 e. The molecular formula is C18H25FN2O5S. The Morgan fingerprint density at radius 3 is 2.70 bits per heavy atom. The lowest BCUT2D eigenvalue weighted by Gasteiger charge is -2.36. The fraction of sp³-hybridized carbons (Fsp3) is 0.611. The van der Waals surface area contributed by atoms with Crippen molar-refractivity contribution in [3.05, 3.63) is 30.1 Å². The highest BCUT2D eigenvalue weighted by molar-refractivity contribution is 7.89. The van der Waals surface area contributed by atoms with Gasteiger partial charge in [-0.3, -0.25) is 4.79 Å². The van der Waals surface area contributed by atoms with Gasteiger partial charge < -0.3 is 15.2 Å². The van der Waals surface area contributed by atoms with Crippen LogP contribution in [0.2, 0.25) is 0 Å². The molecule has 0 unspecified atom stereocenters. The van der Waals surface area contributed by atoms with Gasteiger partial charge in [-0.1, -0.05) is 6.07 Å². The number of amides is 1. The molecule has 0 bridgehead atoms. The second kappa shape index (κ2) is 8.64. The third kappa shape index (κ3) is 5.47. The van der Waals surface area contributed by atoms with Gasteiger partial charge in [0, 0.05) is 12.5 Å². The number of benzene rings is 1. The van der Waals surface area contributed by atoms with Crippen molar-refractivity contribution in [2.75, 3.05) is 13.2 Å². The Labute approximate surface area is 158 Å². The van der Waals surface area contributed by atoms with Gasteiger partial charge in [-0.2, -0.15) is 0 Å². The molecule has 27 heavy (non-hydrogen) atoms. The average Bonchev–Trinajstić information content (AvgIpc) is 3.48. The second-order valence-corrected chi connectivity index (χ2v) is 8.81. The van der Waals surface area contributed by atoms with E-state index in [2.05, 4.69) is 10.0 Å². The molecule has 2 aliphatic rings. The minimum atomic E-state index is -3.91. The van der Waals surface area contributed by atoms with Crippen LogP contribution in [-0.2, 0) is 19.6 Å². The van der Waals surface area contributed by atoms with E-state index in [0.29, 0.717) is 25.8 Å². The van der Waals surface area contributed by atoms with Crippen LogP contribution >= 0.6 is 0 Å². The Morgan fingerprint density at radius 2 is 2.04 bits per heavy atom. The molecule has 150 valence electrons. The number of ether oxygens (including phenoxy) is 1. The molecule has 0 aromatic heterocycles. The summed E-state index contributed by atoms with van der Waals surface area (Å²) in [5, 5.41) is 12.5. The summed E-state index contributed by atoms with van der Waals surface area (Å²) in [7, 11) is -3.91. The molecule has 1 aromatic rings. The Hall–Kier alpha value is -1.55. The lowest BCUT2D eigenvalue weighted by atomic mass is 9.98. The van der Waals surface area contributed by atoms with Crippen LogP contribution in [0.15, 0.2) is 29.2 Å². The SMILES string of the molecule is O=C(NCC[C@@H]1CC[C@@H](NS(=O)(=O)c2cccc(F)c2)[C@@H](CO)O1)C1CC1. The van der Waals surface area contributed by atoms with Crippen molar-refractivity contribution in [3.8, 4) is 0 Å². The summed E-state index contributed by atoms with van der Waals surface area (Å²) in [5.41, 5.74) is 0. The van der Waals surface area contributed by atoms with Gasteiger partial charge in [0.05, 0.1) is 29.8 Å². The predicted octanol–water partition coefficient (Wildman–Crippen LogP) is 0.929. The first-order valence-electron chi connectivity index (χ1n) is 9.21. The molecule has 1 saturated carbocycles. The summed E-state index contributed by atoms with van der Waals surface area (Å²) in [6.45, 7) is 0.166. The van der Waals surface area contributed by atoms with E-state index in [4.69, 9.17) is 4.74 Å². The van der Waals surface area contributed by atoms with Crippen LogP contribution in [0.3, 0.4) is 0 Å². The number of aliphatic hydroxyl groups excluding tert-OH is 1. The molecule has 3 atom stereocenters. The van der Waals surface area contributed by atoms with Gasteiger partial charge in [0.1, 0.15) is 5.82 Å². The van der Waals surface area contributed by atoms with E-state index in [-0.39, 0.29) is 29.4 Å². The molecule has 1 aliphatic carbocycles. The highest BCUT2D eigenvalue weighted by Gasteiger charge is 2.34. The van der Waals surface area contributed by atoms with E-state index >= 15 is 0 Å². The number of aliphatic hydroxyl groups is 1. The first kappa shape index (κ1) is 20.2. The van der Waals surface area contributed by atoms with E-state index in [0.717, 1.165) is 18.9 Å². The normalized spacial score (nSPS) is 25.9. The predicted molar refractivity (Wildman–Crippen MR) is 95.8 cm³/mol. The Balaban J connectivity index is 1.52. The van der Waals surface area contributed by atoms with Crippen LogP contribution in [-0.4, -0.2) is 50.8 Å². The number of sulfonamides is 1. The van der Waals surface area contributed by atoms with Gasteiger partial charge in [0.25, 0.3) is 0 Å². The zero-order valence-electron chi connectivity index (χ0n) is 14.9. The summed E-state index contributed by atoms with van der Waals surface area (Å²) >= 11 is 0. The molecular weight excluding hydrogens is 375 g/mol. The molecule has 7 nitrogen and oxygen atoms in total. The van der Waals surface area contributed by atoms with Crippen molar-refractivity contribution in [2.45, 2.75) is 55.2 Å². The van der Waals surface area contributed by atoms with Crippen LogP contribution < -0.4 is 10.0 Å². The lowest BCUT2D eigenvalue weighted by Crippen LogP contribution is -2.51. The number of hydrogen-bond donors (Lipinski definition) is 3. The molecule has 9 heteroatoms. The fourth-order valence-corrected chi connectivity index (χ4v) is 4.56. The zero-order valence-corrected chi connectivity index (χ0v) is 15.8. The lowest BCUT2D eigenvalue weighted by molar-refractivity contribution is -0.122. The first-order valence-corrected chi connectivity index (χ1v) is 10.7. The average molecular weight is 400 g/mol. The molecule has 1 saturated heterocycles. The third-order valence-corrected chi connectivity index (χ3v) is 6.41. The maximum Gasteiger partial charge on any atom is 0.241 e.